The number of guanidine groups is 1. The third-order valence-electron chi connectivity index (χ3n) is 5.49. The lowest BCUT2D eigenvalue weighted by Gasteiger charge is -2.23. The number of rotatable bonds is 13. The Hall–Kier alpha value is -2.99. The van der Waals surface area contributed by atoms with Crippen LogP contribution in [0.25, 0.3) is 0 Å². The average molecular weight is 491 g/mol. The molecule has 194 valence electrons. The normalized spacial score (nSPS) is 13.8. The maximum absolute atomic E-state index is 13.0. The highest BCUT2D eigenvalue weighted by atomic mass is 16.7. The van der Waals surface area contributed by atoms with Gasteiger partial charge < -0.3 is 21.1 Å². The van der Waals surface area contributed by atoms with Crippen molar-refractivity contribution in [3.05, 3.63) is 45.5 Å². The van der Waals surface area contributed by atoms with Gasteiger partial charge in [0.05, 0.1) is 5.94 Å². The molecule has 0 aliphatic heterocycles. The van der Waals surface area contributed by atoms with Crippen molar-refractivity contribution in [3.8, 4) is 0 Å². The van der Waals surface area contributed by atoms with Gasteiger partial charge in [-0.3, -0.25) is 9.59 Å². The predicted octanol–water partition coefficient (Wildman–Crippen LogP) is 1.59. The first-order valence-corrected chi connectivity index (χ1v) is 11.7. The molecule has 12 heteroatoms. The summed E-state index contributed by atoms with van der Waals surface area (Å²) in [6, 6.07) is 7.27. The van der Waals surface area contributed by atoms with Crippen LogP contribution < -0.4 is 16.5 Å². The van der Waals surface area contributed by atoms with Crippen LogP contribution in [-0.2, 0) is 10.2 Å². The number of nitrogens with one attached hydrogen (secondary N) is 2. The van der Waals surface area contributed by atoms with Crippen LogP contribution in [0, 0.1) is 22.0 Å². The van der Waals surface area contributed by atoms with E-state index < -0.39 is 29.9 Å². The van der Waals surface area contributed by atoms with Gasteiger partial charge >= 0.3 is 7.12 Å². The number of hydrazine groups is 1. The first-order chi connectivity index (χ1) is 16.2. The Morgan fingerprint density at radius 3 is 2.29 bits per heavy atom. The number of hydrogen-bond acceptors (Lipinski definition) is 7. The highest BCUT2D eigenvalue weighted by Crippen LogP contribution is 2.23. The highest BCUT2D eigenvalue weighted by molar-refractivity contribution is 6.43. The van der Waals surface area contributed by atoms with Gasteiger partial charge in [0.2, 0.25) is 5.91 Å². The molecule has 0 aromatic heterocycles. The number of ketones is 1. The van der Waals surface area contributed by atoms with Gasteiger partial charge in [-0.05, 0) is 36.2 Å². The summed E-state index contributed by atoms with van der Waals surface area (Å²) in [4.78, 5) is 40.2. The SMILES string of the molecule is CC(C)C[C@H](NC(=O)[C@H](CCCN=C(N)N[N+](=O)[O-])CC(=O)c1ccc(C(C)(C)C)cc1)B(O)O. The van der Waals surface area contributed by atoms with Crippen LogP contribution in [0.1, 0.15) is 76.2 Å². The van der Waals surface area contributed by atoms with Gasteiger partial charge in [0.25, 0.3) is 5.96 Å². The minimum atomic E-state index is -1.74. The first kappa shape index (κ1) is 30.0. The van der Waals surface area contributed by atoms with E-state index in [9.17, 15) is 29.8 Å². The maximum Gasteiger partial charge on any atom is 0.475 e. The molecular formula is C23H38BN5O6. The number of Topliss-reactive ketones (excluding diaryl/α,β-unsaturated/α-hetero) is 1. The molecule has 0 unspecified atom stereocenters. The van der Waals surface area contributed by atoms with E-state index in [-0.39, 0.29) is 42.5 Å². The van der Waals surface area contributed by atoms with E-state index in [1.54, 1.807) is 17.6 Å². The summed E-state index contributed by atoms with van der Waals surface area (Å²) in [6.45, 7) is 10.1. The molecule has 2 atom stereocenters. The number of nitrogens with two attached hydrogens (primary N) is 1. The Morgan fingerprint density at radius 2 is 1.80 bits per heavy atom. The van der Waals surface area contributed by atoms with Crippen molar-refractivity contribution in [2.45, 2.75) is 71.7 Å². The van der Waals surface area contributed by atoms with Gasteiger partial charge in [-0.25, -0.2) is 15.1 Å². The fraction of sp³-hybridized carbons (Fsp3) is 0.609. The average Bonchev–Trinajstić information content (AvgIpc) is 2.73. The first-order valence-electron chi connectivity index (χ1n) is 11.7. The van der Waals surface area contributed by atoms with Crippen molar-refractivity contribution in [2.24, 2.45) is 22.6 Å². The molecule has 0 heterocycles. The standard InChI is InChI=1S/C23H38BN5O6/c1-15(2)13-20(24(32)33)27-21(31)17(7-6-12-26-22(25)28-29(34)35)14-19(30)16-8-10-18(11-9-16)23(3,4)5/h8-11,15,17,20,32-33H,6-7,12-14H2,1-5H3,(H,27,31)(H3,25,26,28)/t17-,20+/m1/s1. The van der Waals surface area contributed by atoms with Gasteiger partial charge in [-0.2, -0.15) is 0 Å². The number of amides is 1. The van der Waals surface area contributed by atoms with Crippen molar-refractivity contribution < 1.29 is 24.7 Å². The third kappa shape index (κ3) is 11.3. The zero-order chi connectivity index (χ0) is 26.8. The molecule has 11 nitrogen and oxygen atoms in total. The number of carbonyl (C=O) groups excluding carboxylic acids is 2. The Bertz CT molecular complexity index is 883. The lowest BCUT2D eigenvalue weighted by molar-refractivity contribution is -0.525. The smallest absolute Gasteiger partial charge is 0.426 e. The van der Waals surface area contributed by atoms with E-state index in [0.717, 1.165) is 5.56 Å². The number of benzene rings is 1. The van der Waals surface area contributed by atoms with E-state index in [2.05, 4.69) is 31.1 Å². The summed E-state index contributed by atoms with van der Waals surface area (Å²) in [5, 5.41) is 31.6. The molecule has 1 amide bonds. The number of hydrogen-bond donors (Lipinski definition) is 5. The lowest BCUT2D eigenvalue weighted by atomic mass is 9.74. The Kier molecular flexibility index (Phi) is 11.8. The molecule has 35 heavy (non-hydrogen) atoms. The van der Waals surface area contributed by atoms with E-state index in [4.69, 9.17) is 5.73 Å². The summed E-state index contributed by atoms with van der Waals surface area (Å²) in [6.07, 6.45) is 0.864. The van der Waals surface area contributed by atoms with Crippen molar-refractivity contribution in [1.82, 2.24) is 10.7 Å². The summed E-state index contributed by atoms with van der Waals surface area (Å²) in [5.74, 6) is -2.55. The van der Waals surface area contributed by atoms with Gasteiger partial charge in [0, 0.05) is 24.4 Å². The maximum atomic E-state index is 13.0. The zero-order valence-electron chi connectivity index (χ0n) is 21.2. The van der Waals surface area contributed by atoms with Gasteiger partial charge in [-0.1, -0.05) is 64.3 Å². The monoisotopic (exact) mass is 491 g/mol. The van der Waals surface area contributed by atoms with Crippen LogP contribution in [0.3, 0.4) is 0 Å². The van der Waals surface area contributed by atoms with Crippen LogP contribution in [0.15, 0.2) is 29.3 Å². The van der Waals surface area contributed by atoms with Gasteiger partial charge in [-0.15, -0.1) is 0 Å². The van der Waals surface area contributed by atoms with Crippen molar-refractivity contribution in [2.75, 3.05) is 6.54 Å². The molecule has 1 aromatic rings. The topological polar surface area (TPSA) is 180 Å². The molecule has 0 aliphatic carbocycles. The van der Waals surface area contributed by atoms with Gasteiger partial charge in [0.15, 0.2) is 10.8 Å². The van der Waals surface area contributed by atoms with E-state index in [0.29, 0.717) is 18.4 Å². The number of carbonyl (C=O) groups is 2. The molecule has 0 fully saturated rings. The number of nitrogens with zero attached hydrogens (tertiary/aromatic N) is 2. The van der Waals surface area contributed by atoms with Crippen molar-refractivity contribution >= 4 is 24.8 Å². The van der Waals surface area contributed by atoms with Crippen molar-refractivity contribution in [1.29, 1.82) is 0 Å². The van der Waals surface area contributed by atoms with E-state index in [1.807, 2.05) is 26.0 Å². The summed E-state index contributed by atoms with van der Waals surface area (Å²) in [7, 11) is -1.74. The molecule has 0 aliphatic rings. The quantitative estimate of drug-likeness (QED) is 0.0525. The summed E-state index contributed by atoms with van der Waals surface area (Å²) < 4.78 is 0. The van der Waals surface area contributed by atoms with Crippen LogP contribution in [0.5, 0.6) is 0 Å². The highest BCUT2D eigenvalue weighted by Gasteiger charge is 2.30. The van der Waals surface area contributed by atoms with E-state index >= 15 is 0 Å². The molecule has 1 aromatic carbocycles. The van der Waals surface area contributed by atoms with E-state index in [1.165, 1.54) is 0 Å². The minimum absolute atomic E-state index is 0.0625. The number of aliphatic imine (C=N–C) groups is 1. The Labute approximate surface area is 206 Å². The molecule has 0 bridgehead atoms. The zero-order valence-corrected chi connectivity index (χ0v) is 21.2. The van der Waals surface area contributed by atoms with Crippen LogP contribution in [0.4, 0.5) is 0 Å². The largest absolute Gasteiger partial charge is 0.475 e. The Morgan fingerprint density at radius 1 is 1.20 bits per heavy atom. The molecule has 1 rings (SSSR count). The molecule has 0 saturated heterocycles. The van der Waals surface area contributed by atoms with Crippen LogP contribution in [0.2, 0.25) is 0 Å². The Balaban J connectivity index is 2.96. The second-order valence-corrected chi connectivity index (χ2v) is 10.1. The predicted molar refractivity (Wildman–Crippen MR) is 135 cm³/mol. The second kappa shape index (κ2) is 13.8. The minimum Gasteiger partial charge on any atom is -0.426 e. The van der Waals surface area contributed by atoms with Crippen LogP contribution >= 0.6 is 0 Å². The molecular weight excluding hydrogens is 453 g/mol. The molecule has 0 spiro atoms. The number of nitro groups is 1. The molecule has 0 saturated carbocycles. The fourth-order valence-corrected chi connectivity index (χ4v) is 3.55. The van der Waals surface area contributed by atoms with Crippen LogP contribution in [-0.4, -0.2) is 52.3 Å². The summed E-state index contributed by atoms with van der Waals surface area (Å²) >= 11 is 0. The van der Waals surface area contributed by atoms with Gasteiger partial charge in [0.1, 0.15) is 0 Å². The molecule has 0 radical (unpaired) electrons. The molecule has 6 N–H and O–H groups in total. The van der Waals surface area contributed by atoms with Crippen molar-refractivity contribution in [3.63, 3.8) is 0 Å². The lowest BCUT2D eigenvalue weighted by Crippen LogP contribution is -2.49. The second-order valence-electron chi connectivity index (χ2n) is 10.1. The summed E-state index contributed by atoms with van der Waals surface area (Å²) in [5.41, 5.74) is 8.64. The fourth-order valence-electron chi connectivity index (χ4n) is 3.55. The third-order valence-corrected chi connectivity index (χ3v) is 5.49.